The first-order valence-corrected chi connectivity index (χ1v) is 6.07. The Morgan fingerprint density at radius 1 is 1.40 bits per heavy atom. The first-order valence-electron chi connectivity index (χ1n) is 4.53. The van der Waals surface area contributed by atoms with E-state index < -0.39 is 7.75 Å². The third-order valence-corrected chi connectivity index (χ3v) is 2.94. The van der Waals surface area contributed by atoms with Gasteiger partial charge in [-0.15, -0.1) is 0 Å². The molecule has 0 aromatic heterocycles. The molecule has 0 unspecified atom stereocenters. The van der Waals surface area contributed by atoms with E-state index in [4.69, 9.17) is 14.5 Å². The maximum Gasteiger partial charge on any atom is 0.433 e. The molecule has 0 aliphatic carbocycles. The van der Waals surface area contributed by atoms with Crippen molar-refractivity contribution in [2.24, 2.45) is 0 Å². The minimum absolute atomic E-state index is 0.0953. The zero-order chi connectivity index (χ0) is 11.7. The molecule has 0 bridgehead atoms. The van der Waals surface area contributed by atoms with E-state index in [0.717, 1.165) is 0 Å². The van der Waals surface area contributed by atoms with Crippen molar-refractivity contribution in [1.82, 2.24) is 5.09 Å². The molecule has 0 spiro atoms. The molecule has 0 heterocycles. The van der Waals surface area contributed by atoms with Crippen LogP contribution in [0.2, 0.25) is 0 Å². The fourth-order valence-corrected chi connectivity index (χ4v) is 2.02. The van der Waals surface area contributed by atoms with Crippen LogP contribution in [0.15, 0.2) is 12.3 Å². The molecule has 15 heavy (non-hydrogen) atoms. The Hall–Kier alpha value is -0.840. The van der Waals surface area contributed by atoms with Crippen LogP contribution in [0.5, 0.6) is 0 Å². The molecule has 0 rings (SSSR count). The molecule has 0 aromatic rings. The van der Waals surface area contributed by atoms with Gasteiger partial charge in [0.1, 0.15) is 5.84 Å². The van der Waals surface area contributed by atoms with Crippen LogP contribution in [0.3, 0.4) is 0 Å². The minimum atomic E-state index is -3.40. The summed E-state index contributed by atoms with van der Waals surface area (Å²) in [4.78, 5) is 0. The maximum absolute atomic E-state index is 11.8. The van der Waals surface area contributed by atoms with Gasteiger partial charge in [0.05, 0.1) is 26.6 Å². The minimum Gasteiger partial charge on any atom is -0.504 e. The van der Waals surface area contributed by atoms with Gasteiger partial charge in [-0.3, -0.25) is 19.5 Å². The molecule has 0 amide bonds. The Kier molecular flexibility index (Phi) is 7.03. The van der Waals surface area contributed by atoms with Gasteiger partial charge in [-0.25, -0.2) is 4.57 Å². The molecule has 0 saturated carbocycles. The Morgan fingerprint density at radius 2 is 1.93 bits per heavy atom. The predicted octanol–water partition coefficient (Wildman–Crippen LogP) is 1.89. The van der Waals surface area contributed by atoms with Gasteiger partial charge in [0.2, 0.25) is 0 Å². The third-order valence-electron chi connectivity index (χ3n) is 1.23. The van der Waals surface area contributed by atoms with Crippen molar-refractivity contribution in [1.29, 1.82) is 5.41 Å². The smallest absolute Gasteiger partial charge is 0.433 e. The molecule has 88 valence electrons. The molecule has 0 fully saturated rings. The number of rotatable bonds is 7. The number of nitrogens with one attached hydrogen (secondary N) is 2. The summed E-state index contributed by atoms with van der Waals surface area (Å²) in [6.45, 7) is 3.88. The van der Waals surface area contributed by atoms with Gasteiger partial charge < -0.3 is 4.74 Å². The third kappa shape index (κ3) is 6.28. The lowest BCUT2D eigenvalue weighted by Crippen LogP contribution is -2.20. The van der Waals surface area contributed by atoms with Gasteiger partial charge in [-0.2, -0.15) is 0 Å². The Labute approximate surface area is 89.7 Å². The first kappa shape index (κ1) is 14.2. The van der Waals surface area contributed by atoms with Gasteiger partial charge in [0.15, 0.2) is 0 Å². The lowest BCUT2D eigenvalue weighted by atomic mass is 10.6. The fraction of sp³-hybridized carbons (Fsp3) is 0.625. The molecular formula is C8H17N2O4P. The maximum atomic E-state index is 11.8. The topological polar surface area (TPSA) is 80.6 Å². The summed E-state index contributed by atoms with van der Waals surface area (Å²) >= 11 is 0. The monoisotopic (exact) mass is 236 g/mol. The molecule has 0 aromatic carbocycles. The molecule has 7 heteroatoms. The van der Waals surface area contributed by atoms with Gasteiger partial charge >= 0.3 is 7.75 Å². The van der Waals surface area contributed by atoms with Gasteiger partial charge in [0, 0.05) is 6.08 Å². The van der Waals surface area contributed by atoms with Gasteiger partial charge in [-0.1, -0.05) is 0 Å². The highest BCUT2D eigenvalue weighted by Gasteiger charge is 2.23. The van der Waals surface area contributed by atoms with Gasteiger partial charge in [-0.05, 0) is 13.8 Å². The van der Waals surface area contributed by atoms with E-state index in [-0.39, 0.29) is 19.0 Å². The molecule has 2 N–H and O–H groups in total. The van der Waals surface area contributed by atoms with Crippen molar-refractivity contribution >= 4 is 13.6 Å². The summed E-state index contributed by atoms with van der Waals surface area (Å²) in [5.41, 5.74) is 0. The van der Waals surface area contributed by atoms with Crippen molar-refractivity contribution < 1.29 is 18.3 Å². The first-order chi connectivity index (χ1) is 7.08. The van der Waals surface area contributed by atoms with Crippen LogP contribution in [0.25, 0.3) is 0 Å². The lowest BCUT2D eigenvalue weighted by molar-refractivity contribution is 0.216. The van der Waals surface area contributed by atoms with E-state index in [1.54, 1.807) is 13.8 Å². The van der Waals surface area contributed by atoms with Crippen LogP contribution in [0.4, 0.5) is 0 Å². The van der Waals surface area contributed by atoms with Crippen LogP contribution < -0.4 is 5.09 Å². The number of methoxy groups -OCH3 is 1. The Morgan fingerprint density at radius 3 is 2.33 bits per heavy atom. The van der Waals surface area contributed by atoms with Crippen LogP contribution in [0, 0.1) is 5.41 Å². The second-order valence-electron chi connectivity index (χ2n) is 2.40. The van der Waals surface area contributed by atoms with E-state index in [0.29, 0.717) is 0 Å². The van der Waals surface area contributed by atoms with Crippen molar-refractivity contribution in [3.05, 3.63) is 12.3 Å². The second-order valence-corrected chi connectivity index (χ2v) is 4.13. The van der Waals surface area contributed by atoms with E-state index in [2.05, 4.69) is 9.82 Å². The largest absolute Gasteiger partial charge is 0.504 e. The molecule has 0 aliphatic rings. The zero-order valence-electron chi connectivity index (χ0n) is 9.15. The molecule has 0 saturated heterocycles. The highest BCUT2D eigenvalue weighted by Crippen LogP contribution is 2.43. The van der Waals surface area contributed by atoms with Crippen LogP contribution >= 0.6 is 7.75 Å². The van der Waals surface area contributed by atoms with E-state index in [1.165, 1.54) is 19.4 Å². The van der Waals surface area contributed by atoms with Gasteiger partial charge in [0.25, 0.3) is 0 Å². The summed E-state index contributed by atoms with van der Waals surface area (Å²) in [6.07, 6.45) is 2.60. The Bertz CT molecular complexity index is 257. The molecule has 6 nitrogen and oxygen atoms in total. The normalized spacial score (nSPS) is 11.7. The standard InChI is InChI=1S/C8H17N2O4P/c1-4-13-15(11,14-5-2)10-8(9)6-7-12-3/h6-7H,4-5H2,1-3H3,(H2,9,10,11)/b7-6-. The molecule has 0 radical (unpaired) electrons. The number of hydrogen-bond acceptors (Lipinski definition) is 5. The summed E-state index contributed by atoms with van der Waals surface area (Å²) in [6, 6.07) is 0. The Balaban J connectivity index is 4.34. The average Bonchev–Trinajstić information content (AvgIpc) is 2.15. The second kappa shape index (κ2) is 7.45. The summed E-state index contributed by atoms with van der Waals surface area (Å²) in [7, 11) is -1.94. The SMILES string of the molecule is CCOP(=O)(NC(=N)/C=C\OC)OCC. The fourth-order valence-electron chi connectivity index (χ4n) is 0.763. The number of hydrogen-bond donors (Lipinski definition) is 2. The zero-order valence-corrected chi connectivity index (χ0v) is 10.0. The summed E-state index contributed by atoms with van der Waals surface area (Å²) in [5.74, 6) is -0.0953. The molecular weight excluding hydrogens is 219 g/mol. The van der Waals surface area contributed by atoms with Crippen LogP contribution in [-0.2, 0) is 18.3 Å². The molecule has 0 atom stereocenters. The van der Waals surface area contributed by atoms with E-state index >= 15 is 0 Å². The summed E-state index contributed by atoms with van der Waals surface area (Å²) in [5, 5.41) is 9.75. The lowest BCUT2D eigenvalue weighted by Gasteiger charge is -2.17. The van der Waals surface area contributed by atoms with Crippen molar-refractivity contribution in [2.45, 2.75) is 13.8 Å². The van der Waals surface area contributed by atoms with Crippen LogP contribution in [-0.4, -0.2) is 26.2 Å². The quantitative estimate of drug-likeness (QED) is 0.305. The van der Waals surface area contributed by atoms with Crippen molar-refractivity contribution in [3.8, 4) is 0 Å². The van der Waals surface area contributed by atoms with Crippen LogP contribution in [0.1, 0.15) is 13.8 Å². The number of amidine groups is 1. The highest BCUT2D eigenvalue weighted by molar-refractivity contribution is 7.52. The molecule has 0 aliphatic heterocycles. The number of ether oxygens (including phenoxy) is 1. The highest BCUT2D eigenvalue weighted by atomic mass is 31.2. The van der Waals surface area contributed by atoms with E-state index in [9.17, 15) is 4.57 Å². The average molecular weight is 236 g/mol. The predicted molar refractivity (Wildman–Crippen MR) is 57.9 cm³/mol. The van der Waals surface area contributed by atoms with E-state index in [1.807, 2.05) is 0 Å². The summed E-state index contributed by atoms with van der Waals surface area (Å²) < 4.78 is 26.3. The van der Waals surface area contributed by atoms with Crippen molar-refractivity contribution in [3.63, 3.8) is 0 Å². The van der Waals surface area contributed by atoms with Crippen molar-refractivity contribution in [2.75, 3.05) is 20.3 Å².